The van der Waals surface area contributed by atoms with E-state index in [1.165, 1.54) is 12.1 Å². The molecular weight excluding hydrogens is 526 g/mol. The molecule has 0 heterocycles. The Kier molecular flexibility index (Phi) is 7.89. The molecule has 0 bridgehead atoms. The normalized spacial score (nSPS) is 16.1. The van der Waals surface area contributed by atoms with Gasteiger partial charge in [-0.15, -0.1) is 0 Å². The van der Waals surface area contributed by atoms with E-state index in [1.54, 1.807) is 30.3 Å². The number of nitrogens with one attached hydrogen (secondary N) is 2. The van der Waals surface area contributed by atoms with E-state index in [9.17, 15) is 35.9 Å². The summed E-state index contributed by atoms with van der Waals surface area (Å²) in [6, 6.07) is 14.8. The van der Waals surface area contributed by atoms with Crippen LogP contribution in [0.1, 0.15) is 36.0 Å². The molecule has 3 aromatic carbocycles. The zero-order valence-corrected chi connectivity index (χ0v) is 20.4. The van der Waals surface area contributed by atoms with Crippen LogP contribution in [0.15, 0.2) is 72.8 Å². The van der Waals surface area contributed by atoms with Crippen molar-refractivity contribution in [2.45, 2.75) is 49.3 Å². The predicted octanol–water partition coefficient (Wildman–Crippen LogP) is 6.11. The summed E-state index contributed by atoms with van der Waals surface area (Å²) in [5.74, 6) is -2.65. The van der Waals surface area contributed by atoms with Crippen molar-refractivity contribution in [2.24, 2.45) is 0 Å². The number of carbonyl (C=O) groups is 2. The molecule has 0 aliphatic heterocycles. The van der Waals surface area contributed by atoms with E-state index < -0.39 is 47.0 Å². The summed E-state index contributed by atoms with van der Waals surface area (Å²) in [6.45, 7) is 0. The number of benzene rings is 3. The molecule has 3 aromatic rings. The number of hydrogen-bond donors (Lipinski definition) is 2. The Morgan fingerprint density at radius 3 is 2.18 bits per heavy atom. The Balaban J connectivity index is 1.88. The lowest BCUT2D eigenvalue weighted by atomic mass is 9.77. The molecular formula is C28H24F6N2O3. The molecule has 1 aliphatic rings. The summed E-state index contributed by atoms with van der Waals surface area (Å²) in [5, 5.41) is 5.36. The number of alkyl halides is 4. The molecule has 11 heteroatoms. The van der Waals surface area contributed by atoms with Gasteiger partial charge in [-0.2, -0.15) is 17.6 Å². The highest BCUT2D eigenvalue weighted by Crippen LogP contribution is 2.38. The maximum absolute atomic E-state index is 14.8. The Bertz CT molecular complexity index is 1320. The average molecular weight is 550 g/mol. The molecule has 1 saturated carbocycles. The van der Waals surface area contributed by atoms with Crippen LogP contribution in [0.5, 0.6) is 5.75 Å². The van der Waals surface area contributed by atoms with Crippen LogP contribution in [0.4, 0.5) is 31.1 Å². The van der Waals surface area contributed by atoms with Crippen LogP contribution in [-0.4, -0.2) is 30.4 Å². The van der Waals surface area contributed by atoms with E-state index in [0.717, 1.165) is 24.3 Å². The Morgan fingerprint density at radius 2 is 1.62 bits per heavy atom. The first kappa shape index (κ1) is 28.0. The molecule has 0 radical (unpaired) electrons. The number of halogens is 6. The zero-order valence-electron chi connectivity index (χ0n) is 20.4. The van der Waals surface area contributed by atoms with Crippen molar-refractivity contribution < 1.29 is 40.7 Å². The minimum Gasteiger partial charge on any atom is -0.428 e. The standard InChI is InChI=1S/C28H24F6N2O3/c29-21-9-7-19(8-10-21)27(16-18-5-2-1-3-6-18,36-25(38)35-26(17-37)11-4-12-26)20-13-22(30)15-23(14-20)39-28(33,34)24(31)32/h1-3,5-10,13-15,17,24H,4,11-12,16H2,(H2,35,36,38)/t27-/m1/s1. The maximum Gasteiger partial charge on any atom is 0.461 e. The molecule has 206 valence electrons. The van der Waals surface area contributed by atoms with Crippen molar-refractivity contribution in [2.75, 3.05) is 0 Å². The van der Waals surface area contributed by atoms with Crippen molar-refractivity contribution in [3.05, 3.63) is 101 Å². The van der Waals surface area contributed by atoms with Crippen LogP contribution in [-0.2, 0) is 16.8 Å². The topological polar surface area (TPSA) is 67.4 Å². The lowest BCUT2D eigenvalue weighted by molar-refractivity contribution is -0.253. The summed E-state index contributed by atoms with van der Waals surface area (Å²) >= 11 is 0. The summed E-state index contributed by atoms with van der Waals surface area (Å²) in [4.78, 5) is 25.0. The molecule has 5 nitrogen and oxygen atoms in total. The van der Waals surface area contributed by atoms with Crippen molar-refractivity contribution >= 4 is 12.3 Å². The molecule has 2 N–H and O–H groups in total. The molecule has 1 atom stereocenters. The number of aldehydes is 1. The average Bonchev–Trinajstić information content (AvgIpc) is 2.86. The fraction of sp³-hybridized carbons (Fsp3) is 0.286. The van der Waals surface area contributed by atoms with Gasteiger partial charge in [0.25, 0.3) is 0 Å². The number of amides is 2. The van der Waals surface area contributed by atoms with E-state index >= 15 is 0 Å². The van der Waals surface area contributed by atoms with E-state index in [4.69, 9.17) is 0 Å². The third kappa shape index (κ3) is 6.18. The van der Waals surface area contributed by atoms with Gasteiger partial charge < -0.3 is 20.2 Å². The second kappa shape index (κ2) is 11.0. The van der Waals surface area contributed by atoms with Crippen molar-refractivity contribution in [1.82, 2.24) is 10.6 Å². The third-order valence-corrected chi connectivity index (χ3v) is 6.68. The molecule has 1 aliphatic carbocycles. The predicted molar refractivity (Wildman–Crippen MR) is 130 cm³/mol. The highest BCUT2D eigenvalue weighted by Gasteiger charge is 2.45. The molecule has 0 spiro atoms. The second-order valence-corrected chi connectivity index (χ2v) is 9.42. The van der Waals surface area contributed by atoms with Gasteiger partial charge in [0.2, 0.25) is 0 Å². The van der Waals surface area contributed by atoms with Crippen LogP contribution in [0.2, 0.25) is 0 Å². The van der Waals surface area contributed by atoms with Crippen LogP contribution in [0.3, 0.4) is 0 Å². The number of rotatable bonds is 10. The molecule has 0 unspecified atom stereocenters. The van der Waals surface area contributed by atoms with E-state index in [-0.39, 0.29) is 17.5 Å². The first-order valence-corrected chi connectivity index (χ1v) is 12.0. The SMILES string of the molecule is O=CC1(NC(=O)N[C@](Cc2ccccc2)(c2ccc(F)cc2)c2cc(F)cc(OC(F)(F)C(F)F)c2)CCC1. The fourth-order valence-electron chi connectivity index (χ4n) is 4.55. The van der Waals surface area contributed by atoms with Gasteiger partial charge in [-0.25, -0.2) is 13.6 Å². The van der Waals surface area contributed by atoms with E-state index in [0.29, 0.717) is 37.2 Å². The molecule has 1 fully saturated rings. The zero-order chi connectivity index (χ0) is 28.3. The van der Waals surface area contributed by atoms with Gasteiger partial charge in [-0.1, -0.05) is 42.5 Å². The number of hydrogen-bond acceptors (Lipinski definition) is 3. The van der Waals surface area contributed by atoms with Crippen LogP contribution >= 0.6 is 0 Å². The Morgan fingerprint density at radius 1 is 0.949 bits per heavy atom. The quantitative estimate of drug-likeness (QED) is 0.237. The lowest BCUT2D eigenvalue weighted by Crippen LogP contribution is -2.61. The minimum absolute atomic E-state index is 0.102. The van der Waals surface area contributed by atoms with Gasteiger partial charge in [-0.3, -0.25) is 0 Å². The van der Waals surface area contributed by atoms with Gasteiger partial charge in [0, 0.05) is 12.5 Å². The number of urea groups is 1. The third-order valence-electron chi connectivity index (χ3n) is 6.68. The van der Waals surface area contributed by atoms with Gasteiger partial charge in [0.05, 0.1) is 11.1 Å². The summed E-state index contributed by atoms with van der Waals surface area (Å²) in [7, 11) is 0. The molecule has 39 heavy (non-hydrogen) atoms. The van der Waals surface area contributed by atoms with E-state index in [1.807, 2.05) is 0 Å². The monoisotopic (exact) mass is 550 g/mol. The minimum atomic E-state index is -4.92. The molecule has 4 rings (SSSR count). The van der Waals surface area contributed by atoms with Crippen LogP contribution in [0, 0.1) is 11.6 Å². The first-order chi connectivity index (χ1) is 18.5. The molecule has 0 aromatic heterocycles. The highest BCUT2D eigenvalue weighted by atomic mass is 19.3. The summed E-state index contributed by atoms with van der Waals surface area (Å²) in [6.07, 6.45) is -7.10. The second-order valence-electron chi connectivity index (χ2n) is 9.42. The van der Waals surface area contributed by atoms with Crippen LogP contribution in [0.25, 0.3) is 0 Å². The maximum atomic E-state index is 14.8. The fourth-order valence-corrected chi connectivity index (χ4v) is 4.55. The smallest absolute Gasteiger partial charge is 0.428 e. The Labute approximate surface area is 220 Å². The number of ether oxygens (including phenoxy) is 1. The molecule has 0 saturated heterocycles. The number of carbonyl (C=O) groups excluding carboxylic acids is 2. The van der Waals surface area contributed by atoms with Gasteiger partial charge in [-0.05, 0) is 60.2 Å². The van der Waals surface area contributed by atoms with Gasteiger partial charge in [0.1, 0.15) is 23.7 Å². The Hall–Kier alpha value is -4.02. The lowest BCUT2D eigenvalue weighted by Gasteiger charge is -2.41. The van der Waals surface area contributed by atoms with Crippen molar-refractivity contribution in [3.63, 3.8) is 0 Å². The summed E-state index contributed by atoms with van der Waals surface area (Å²) < 4.78 is 86.0. The van der Waals surface area contributed by atoms with Crippen LogP contribution < -0.4 is 15.4 Å². The van der Waals surface area contributed by atoms with Gasteiger partial charge >= 0.3 is 18.6 Å². The summed E-state index contributed by atoms with van der Waals surface area (Å²) in [5.41, 5.74) is -2.20. The van der Waals surface area contributed by atoms with E-state index in [2.05, 4.69) is 15.4 Å². The molecule has 2 amide bonds. The largest absolute Gasteiger partial charge is 0.461 e. The highest BCUT2D eigenvalue weighted by molar-refractivity contribution is 5.82. The van der Waals surface area contributed by atoms with Gasteiger partial charge in [0.15, 0.2) is 0 Å². The van der Waals surface area contributed by atoms with Crippen molar-refractivity contribution in [3.8, 4) is 5.75 Å². The van der Waals surface area contributed by atoms with Crippen molar-refractivity contribution in [1.29, 1.82) is 0 Å². The first-order valence-electron chi connectivity index (χ1n) is 12.0.